The second-order valence-electron chi connectivity index (χ2n) is 18.0. The van der Waals surface area contributed by atoms with Gasteiger partial charge in [0.25, 0.3) is 17.7 Å². The number of unbranched alkanes of at least 4 members (excludes halogenated alkanes) is 4. The Morgan fingerprint density at radius 3 is 2.30 bits per heavy atom. The fraction of sp³-hybridized carbons (Fsp3) is 0.380. The van der Waals surface area contributed by atoms with Crippen molar-refractivity contribution < 1.29 is 38.0 Å². The summed E-state index contributed by atoms with van der Waals surface area (Å²) in [7, 11) is 0. The predicted octanol–water partition coefficient (Wildman–Crippen LogP) is 7.61. The number of benzene rings is 4. The summed E-state index contributed by atoms with van der Waals surface area (Å²) < 4.78 is 16.2. The van der Waals surface area contributed by atoms with Gasteiger partial charge < -0.3 is 21.3 Å². The van der Waals surface area contributed by atoms with Crippen molar-refractivity contribution in [3.63, 3.8) is 0 Å². The van der Waals surface area contributed by atoms with Gasteiger partial charge in [0.05, 0.1) is 22.2 Å². The molecule has 1 saturated carbocycles. The third kappa shape index (κ3) is 8.24. The molecule has 14 nitrogen and oxygen atoms in total. The lowest BCUT2D eigenvalue weighted by Crippen LogP contribution is -2.60. The van der Waals surface area contributed by atoms with Gasteiger partial charge in [-0.15, -0.1) is 0 Å². The van der Waals surface area contributed by atoms with Crippen molar-refractivity contribution in [2.75, 3.05) is 29.0 Å². The first-order valence-corrected chi connectivity index (χ1v) is 23.7. The number of rotatable bonds is 14. The topological polar surface area (TPSA) is 195 Å². The Hall–Kier alpha value is -6.16. The van der Waals surface area contributed by atoms with Gasteiger partial charge in [-0.2, -0.15) is 0 Å². The van der Waals surface area contributed by atoms with Crippen LogP contribution in [-0.4, -0.2) is 77.0 Å². The second-order valence-corrected chi connectivity index (χ2v) is 18.9. The molecule has 67 heavy (non-hydrogen) atoms. The van der Waals surface area contributed by atoms with E-state index in [-0.39, 0.29) is 46.4 Å². The van der Waals surface area contributed by atoms with Crippen molar-refractivity contribution in [2.45, 2.75) is 106 Å². The summed E-state index contributed by atoms with van der Waals surface area (Å²) in [5.41, 5.74) is 0.936. The van der Waals surface area contributed by atoms with Gasteiger partial charge in [-0.1, -0.05) is 86.0 Å². The van der Waals surface area contributed by atoms with Gasteiger partial charge in [0.2, 0.25) is 23.6 Å². The molecule has 348 valence electrons. The number of carbonyl (C=O) groups excluding carboxylic acids is 7. The molecule has 4 heterocycles. The first-order chi connectivity index (χ1) is 32.3. The third-order valence-electron chi connectivity index (χ3n) is 14.1. The lowest BCUT2D eigenvalue weighted by atomic mass is 9.55. The van der Waals surface area contributed by atoms with E-state index in [9.17, 15) is 33.6 Å². The first kappa shape index (κ1) is 46.0. The molecule has 4 aliphatic heterocycles. The van der Waals surface area contributed by atoms with Crippen LogP contribution < -0.4 is 31.9 Å². The Morgan fingerprint density at radius 1 is 0.806 bits per heavy atom. The normalized spacial score (nSPS) is 22.7. The van der Waals surface area contributed by atoms with Crippen LogP contribution in [0, 0.1) is 5.82 Å². The van der Waals surface area contributed by atoms with Gasteiger partial charge in [0.1, 0.15) is 17.3 Å². The van der Waals surface area contributed by atoms with Crippen molar-refractivity contribution in [1.82, 2.24) is 20.9 Å². The highest BCUT2D eigenvalue weighted by molar-refractivity contribution is 6.31. The van der Waals surface area contributed by atoms with E-state index >= 15 is 4.39 Å². The first-order valence-electron chi connectivity index (χ1n) is 23.0. The third-order valence-corrected chi connectivity index (χ3v) is 14.7. The molecule has 7 amide bonds. The summed E-state index contributed by atoms with van der Waals surface area (Å²) >= 11 is 12.8. The van der Waals surface area contributed by atoms with Crippen molar-refractivity contribution in [2.24, 2.45) is 0 Å². The average molecular weight is 951 g/mol. The summed E-state index contributed by atoms with van der Waals surface area (Å²) in [6.45, 7) is 1.03. The number of imide groups is 2. The molecule has 9 rings (SSSR count). The molecule has 2 saturated heterocycles. The van der Waals surface area contributed by atoms with E-state index in [2.05, 4.69) is 31.9 Å². The number of carbonyl (C=O) groups is 7. The Kier molecular flexibility index (Phi) is 12.9. The van der Waals surface area contributed by atoms with Crippen molar-refractivity contribution in [3.05, 3.63) is 123 Å². The summed E-state index contributed by atoms with van der Waals surface area (Å²) in [5, 5.41) is 18.4. The smallest absolute Gasteiger partial charge is 0.264 e. The van der Waals surface area contributed by atoms with Gasteiger partial charge in [-0.05, 0) is 97.8 Å². The van der Waals surface area contributed by atoms with Gasteiger partial charge in [-0.25, -0.2) is 4.39 Å². The number of nitrogens with one attached hydrogen (secondary N) is 6. The number of hydrogen-bond acceptors (Lipinski definition) is 9. The quantitative estimate of drug-likeness (QED) is 0.0545. The van der Waals surface area contributed by atoms with Crippen molar-refractivity contribution in [1.29, 1.82) is 0 Å². The zero-order chi connectivity index (χ0) is 47.0. The number of amides is 7. The maximum Gasteiger partial charge on any atom is 0.264 e. The van der Waals surface area contributed by atoms with E-state index in [4.69, 9.17) is 23.2 Å². The van der Waals surface area contributed by atoms with E-state index in [1.807, 2.05) is 6.07 Å². The number of fused-ring (bicyclic) bond motifs is 4. The maximum atomic E-state index is 16.2. The molecule has 4 aromatic rings. The van der Waals surface area contributed by atoms with Crippen LogP contribution in [0.3, 0.4) is 0 Å². The standard InChI is InChI=1S/C50H50Cl2FN7O7/c51-29-17-20-33-36(27-29)57-48(67)50(33)40(32-12-9-13-34(52)41(32)53)42(59-49(50)23-5-4-6-24-49)45(64)56-30-18-15-28(16-19-30)43(62)55-26-8-3-1-2-7-25-54-35-14-10-11-31-39(35)47(66)60(46(31)65)37-21-22-38(61)58-44(37)63/h9-20,27,37,40,42,54,59H,1-8,21-26H2,(H,55,62)(H,56,64)(H,57,67)(H,58,61,63)/t37?,40-,42+,50+/m0/s1. The summed E-state index contributed by atoms with van der Waals surface area (Å²) in [6, 6.07) is 19.3. The van der Waals surface area contributed by atoms with E-state index in [1.165, 1.54) is 6.07 Å². The van der Waals surface area contributed by atoms with Gasteiger partial charge in [0.15, 0.2) is 0 Å². The van der Waals surface area contributed by atoms with Crippen molar-refractivity contribution in [3.8, 4) is 0 Å². The van der Waals surface area contributed by atoms with Crippen LogP contribution in [0.1, 0.15) is 125 Å². The molecule has 6 N–H and O–H groups in total. The van der Waals surface area contributed by atoms with Crippen LogP contribution in [-0.2, 0) is 24.6 Å². The fourth-order valence-corrected chi connectivity index (χ4v) is 11.5. The zero-order valence-electron chi connectivity index (χ0n) is 36.6. The molecule has 0 aromatic heterocycles. The maximum absolute atomic E-state index is 16.2. The van der Waals surface area contributed by atoms with Crippen LogP contribution in [0.5, 0.6) is 0 Å². The Bertz CT molecular complexity index is 2690. The second kappa shape index (κ2) is 18.8. The molecule has 4 aromatic carbocycles. The van der Waals surface area contributed by atoms with Crippen LogP contribution >= 0.6 is 23.2 Å². The molecule has 0 radical (unpaired) electrons. The highest BCUT2D eigenvalue weighted by Gasteiger charge is 2.72. The lowest BCUT2D eigenvalue weighted by Gasteiger charge is -2.47. The number of hydrogen-bond donors (Lipinski definition) is 6. The minimum Gasteiger partial charge on any atom is -0.384 e. The number of nitrogens with zero attached hydrogens (tertiary/aromatic N) is 1. The predicted molar refractivity (Wildman–Crippen MR) is 251 cm³/mol. The number of halogens is 3. The molecule has 2 spiro atoms. The summed E-state index contributed by atoms with van der Waals surface area (Å²) in [6.07, 6.45) is 8.16. The van der Waals surface area contributed by atoms with Crippen molar-refractivity contribution >= 4 is 81.6 Å². The lowest BCUT2D eigenvalue weighted by molar-refractivity contribution is -0.136. The van der Waals surface area contributed by atoms with E-state index < -0.39 is 64.3 Å². The fourth-order valence-electron chi connectivity index (χ4n) is 11.1. The van der Waals surface area contributed by atoms with Crippen LogP contribution in [0.4, 0.5) is 21.5 Å². The Labute approximate surface area is 396 Å². The highest BCUT2D eigenvalue weighted by Crippen LogP contribution is 2.63. The van der Waals surface area contributed by atoms with Gasteiger partial charge in [-0.3, -0.25) is 49.1 Å². The van der Waals surface area contributed by atoms with Crippen LogP contribution in [0.15, 0.2) is 78.9 Å². The number of anilines is 3. The largest absolute Gasteiger partial charge is 0.384 e. The molecule has 1 aliphatic carbocycles. The Balaban J connectivity index is 0.774. The molecule has 4 atom stereocenters. The summed E-state index contributed by atoms with van der Waals surface area (Å²) in [4.78, 5) is 93.7. The SMILES string of the molecule is O=C1CCC(N2C(=O)c3cccc(NCCCCCCCNC(=O)c4ccc(NC(=O)[C@@H]5NC6(CCCCC6)[C@@]6(C(=O)Nc7cc(Cl)ccc76)[C@H]5c5cccc(Cl)c5F)cc4)c3C2=O)C(=O)N1. The molecular formula is C50H50Cl2FN7O7. The minimum atomic E-state index is -1.36. The monoisotopic (exact) mass is 949 g/mol. The molecule has 1 unspecified atom stereocenters. The molecular weight excluding hydrogens is 900 g/mol. The number of piperidine rings is 1. The molecule has 3 fully saturated rings. The van der Waals surface area contributed by atoms with E-state index in [0.717, 1.165) is 56.3 Å². The average Bonchev–Trinajstić information content (AvgIpc) is 3.87. The highest BCUT2D eigenvalue weighted by atomic mass is 35.5. The van der Waals surface area contributed by atoms with E-state index in [1.54, 1.807) is 66.7 Å². The van der Waals surface area contributed by atoms with E-state index in [0.29, 0.717) is 59.1 Å². The molecule has 0 bridgehead atoms. The minimum absolute atomic E-state index is 0.0524. The molecule has 17 heteroatoms. The Morgan fingerprint density at radius 2 is 1.54 bits per heavy atom. The van der Waals surface area contributed by atoms with Crippen LogP contribution in [0.25, 0.3) is 0 Å². The van der Waals surface area contributed by atoms with Gasteiger partial charge >= 0.3 is 0 Å². The zero-order valence-corrected chi connectivity index (χ0v) is 38.1. The molecule has 5 aliphatic rings. The van der Waals surface area contributed by atoms with Crippen LogP contribution in [0.2, 0.25) is 10.0 Å². The van der Waals surface area contributed by atoms with Gasteiger partial charge in [0, 0.05) is 58.6 Å². The summed E-state index contributed by atoms with van der Waals surface area (Å²) in [5.74, 6) is -4.88.